The molecule has 0 spiro atoms. The minimum Gasteiger partial charge on any atom is -0.376 e. The van der Waals surface area contributed by atoms with E-state index in [1.54, 1.807) is 0 Å². The number of carbonyl (C=O) groups excluding carboxylic acids is 1. The standard InChI is InChI=1S/C13H21N5O2/c19-13(12-16-11(17-18-12)9-1-2-9)15-7-8-20-10-3-5-14-6-4-10/h9-10,14H,1-8H2,(H,15,19)(H,16,17,18). The van der Waals surface area contributed by atoms with Crippen molar-refractivity contribution in [3.05, 3.63) is 11.6 Å². The first-order valence-corrected chi connectivity index (χ1v) is 7.36. The monoisotopic (exact) mass is 279 g/mol. The molecule has 2 heterocycles. The lowest BCUT2D eigenvalue weighted by molar-refractivity contribution is 0.0342. The minimum absolute atomic E-state index is 0.230. The molecule has 3 N–H and O–H groups in total. The summed E-state index contributed by atoms with van der Waals surface area (Å²) in [4.78, 5) is 16.0. The number of hydrogen-bond donors (Lipinski definition) is 3. The van der Waals surface area contributed by atoms with Crippen molar-refractivity contribution in [2.45, 2.75) is 37.7 Å². The van der Waals surface area contributed by atoms with Crippen molar-refractivity contribution in [2.24, 2.45) is 0 Å². The fourth-order valence-electron chi connectivity index (χ4n) is 2.35. The average molecular weight is 279 g/mol. The first-order chi connectivity index (χ1) is 9.83. The van der Waals surface area contributed by atoms with Gasteiger partial charge in [0.15, 0.2) is 0 Å². The maximum atomic E-state index is 11.8. The molecule has 1 aliphatic carbocycles. The van der Waals surface area contributed by atoms with Gasteiger partial charge in [0, 0.05) is 12.5 Å². The Balaban J connectivity index is 1.35. The summed E-state index contributed by atoms with van der Waals surface area (Å²) < 4.78 is 5.72. The lowest BCUT2D eigenvalue weighted by Crippen LogP contribution is -2.35. The van der Waals surface area contributed by atoms with Gasteiger partial charge in [-0.25, -0.2) is 4.98 Å². The molecule has 1 saturated heterocycles. The van der Waals surface area contributed by atoms with Gasteiger partial charge in [-0.2, -0.15) is 0 Å². The van der Waals surface area contributed by atoms with Crippen molar-refractivity contribution in [3.8, 4) is 0 Å². The van der Waals surface area contributed by atoms with Gasteiger partial charge in [-0.3, -0.25) is 9.89 Å². The van der Waals surface area contributed by atoms with Crippen LogP contribution in [-0.4, -0.2) is 53.4 Å². The molecule has 0 aromatic carbocycles. The number of amides is 1. The Bertz CT molecular complexity index is 451. The summed E-state index contributed by atoms with van der Waals surface area (Å²) in [6.07, 6.45) is 4.68. The minimum atomic E-state index is -0.234. The molecule has 1 amide bonds. The Morgan fingerprint density at radius 3 is 2.85 bits per heavy atom. The predicted octanol–water partition coefficient (Wildman–Crippen LogP) is 0.180. The molecular formula is C13H21N5O2. The molecule has 7 heteroatoms. The molecule has 1 aromatic rings. The summed E-state index contributed by atoms with van der Waals surface area (Å²) in [5.74, 6) is 1.31. The SMILES string of the molecule is O=C(NCCOC1CCNCC1)c1n[nH]c(C2CC2)n1. The maximum Gasteiger partial charge on any atom is 0.291 e. The molecule has 7 nitrogen and oxygen atoms in total. The van der Waals surface area contributed by atoms with Gasteiger partial charge in [0.1, 0.15) is 5.82 Å². The number of rotatable bonds is 6. The summed E-state index contributed by atoms with van der Waals surface area (Å²) >= 11 is 0. The summed E-state index contributed by atoms with van der Waals surface area (Å²) in [5, 5.41) is 12.9. The Labute approximate surface area is 117 Å². The van der Waals surface area contributed by atoms with E-state index in [0.717, 1.165) is 44.6 Å². The number of aromatic amines is 1. The quantitative estimate of drug-likeness (QED) is 0.646. The van der Waals surface area contributed by atoms with Gasteiger partial charge < -0.3 is 15.4 Å². The highest BCUT2D eigenvalue weighted by Gasteiger charge is 2.28. The van der Waals surface area contributed by atoms with Gasteiger partial charge in [0.05, 0.1) is 12.7 Å². The Kier molecular flexibility index (Phi) is 4.27. The molecule has 1 saturated carbocycles. The fraction of sp³-hybridized carbons (Fsp3) is 0.769. The largest absolute Gasteiger partial charge is 0.376 e. The van der Waals surface area contributed by atoms with E-state index in [2.05, 4.69) is 25.8 Å². The summed E-state index contributed by atoms with van der Waals surface area (Å²) in [6, 6.07) is 0. The van der Waals surface area contributed by atoms with Crippen molar-refractivity contribution in [2.75, 3.05) is 26.2 Å². The van der Waals surface area contributed by atoms with Gasteiger partial charge in [-0.1, -0.05) is 0 Å². The first-order valence-electron chi connectivity index (χ1n) is 7.36. The van der Waals surface area contributed by atoms with E-state index >= 15 is 0 Å². The van der Waals surface area contributed by atoms with E-state index in [4.69, 9.17) is 4.74 Å². The second-order valence-electron chi connectivity index (χ2n) is 5.39. The van der Waals surface area contributed by atoms with Crippen LogP contribution < -0.4 is 10.6 Å². The normalized spacial score (nSPS) is 20.0. The van der Waals surface area contributed by atoms with Crippen LogP contribution in [0.4, 0.5) is 0 Å². The summed E-state index contributed by atoms with van der Waals surface area (Å²) in [5.41, 5.74) is 0. The fourth-order valence-corrected chi connectivity index (χ4v) is 2.35. The molecule has 0 atom stereocenters. The summed E-state index contributed by atoms with van der Waals surface area (Å²) in [6.45, 7) is 3.06. The third-order valence-corrected chi connectivity index (χ3v) is 3.70. The second kappa shape index (κ2) is 6.32. The van der Waals surface area contributed by atoms with Crippen LogP contribution in [0.25, 0.3) is 0 Å². The number of ether oxygens (including phenoxy) is 1. The van der Waals surface area contributed by atoms with Crippen LogP contribution in [0.15, 0.2) is 0 Å². The van der Waals surface area contributed by atoms with Gasteiger partial charge >= 0.3 is 0 Å². The topological polar surface area (TPSA) is 91.9 Å². The average Bonchev–Trinajstić information content (AvgIpc) is 3.22. The zero-order valence-electron chi connectivity index (χ0n) is 11.5. The van der Waals surface area contributed by atoms with Crippen molar-refractivity contribution in [1.82, 2.24) is 25.8 Å². The molecule has 1 aliphatic heterocycles. The third kappa shape index (κ3) is 3.55. The highest BCUT2D eigenvalue weighted by atomic mass is 16.5. The van der Waals surface area contributed by atoms with Gasteiger partial charge in [-0.05, 0) is 38.8 Å². The zero-order valence-corrected chi connectivity index (χ0v) is 11.5. The van der Waals surface area contributed by atoms with Crippen LogP contribution in [0, 0.1) is 0 Å². The molecule has 1 aromatic heterocycles. The highest BCUT2D eigenvalue weighted by molar-refractivity contribution is 5.90. The molecular weight excluding hydrogens is 258 g/mol. The van der Waals surface area contributed by atoms with E-state index in [1.165, 1.54) is 0 Å². The van der Waals surface area contributed by atoms with E-state index in [0.29, 0.717) is 25.2 Å². The molecule has 0 bridgehead atoms. The number of hydrogen-bond acceptors (Lipinski definition) is 5. The number of aromatic nitrogens is 3. The Hall–Kier alpha value is -1.47. The Morgan fingerprint density at radius 1 is 1.30 bits per heavy atom. The smallest absolute Gasteiger partial charge is 0.291 e. The van der Waals surface area contributed by atoms with Gasteiger partial charge in [0.2, 0.25) is 5.82 Å². The lowest BCUT2D eigenvalue weighted by Gasteiger charge is -2.22. The highest BCUT2D eigenvalue weighted by Crippen LogP contribution is 2.37. The first kappa shape index (κ1) is 13.5. The number of piperidine rings is 1. The van der Waals surface area contributed by atoms with Crippen LogP contribution in [-0.2, 0) is 4.74 Å². The van der Waals surface area contributed by atoms with Crippen LogP contribution in [0.2, 0.25) is 0 Å². The van der Waals surface area contributed by atoms with Crippen LogP contribution in [0.3, 0.4) is 0 Å². The van der Waals surface area contributed by atoms with Crippen molar-refractivity contribution < 1.29 is 9.53 Å². The number of carbonyl (C=O) groups is 1. The molecule has 20 heavy (non-hydrogen) atoms. The van der Waals surface area contributed by atoms with Crippen molar-refractivity contribution >= 4 is 5.91 Å². The molecule has 3 rings (SSSR count). The number of nitrogens with one attached hydrogen (secondary N) is 3. The van der Waals surface area contributed by atoms with E-state index < -0.39 is 0 Å². The molecule has 110 valence electrons. The molecule has 2 aliphatic rings. The molecule has 0 radical (unpaired) electrons. The Morgan fingerprint density at radius 2 is 2.10 bits per heavy atom. The van der Waals surface area contributed by atoms with Crippen molar-refractivity contribution in [3.63, 3.8) is 0 Å². The predicted molar refractivity (Wildman–Crippen MR) is 72.5 cm³/mol. The van der Waals surface area contributed by atoms with Gasteiger partial charge in [-0.15, -0.1) is 5.10 Å². The van der Waals surface area contributed by atoms with E-state index in [9.17, 15) is 4.79 Å². The number of nitrogens with zero attached hydrogens (tertiary/aromatic N) is 2. The molecule has 2 fully saturated rings. The van der Waals surface area contributed by atoms with Crippen LogP contribution in [0.5, 0.6) is 0 Å². The zero-order chi connectivity index (χ0) is 13.8. The van der Waals surface area contributed by atoms with Gasteiger partial charge in [0.25, 0.3) is 5.91 Å². The molecule has 0 unspecified atom stereocenters. The van der Waals surface area contributed by atoms with Crippen LogP contribution >= 0.6 is 0 Å². The van der Waals surface area contributed by atoms with Crippen LogP contribution in [0.1, 0.15) is 48.0 Å². The van der Waals surface area contributed by atoms with E-state index in [1.807, 2.05) is 0 Å². The lowest BCUT2D eigenvalue weighted by atomic mass is 10.1. The van der Waals surface area contributed by atoms with Crippen molar-refractivity contribution in [1.29, 1.82) is 0 Å². The number of H-pyrrole nitrogens is 1. The maximum absolute atomic E-state index is 11.8. The third-order valence-electron chi connectivity index (χ3n) is 3.70. The van der Waals surface area contributed by atoms with E-state index in [-0.39, 0.29) is 11.7 Å². The second-order valence-corrected chi connectivity index (χ2v) is 5.39. The summed E-state index contributed by atoms with van der Waals surface area (Å²) in [7, 11) is 0.